The van der Waals surface area contributed by atoms with Crippen LogP contribution in [0, 0.1) is 0 Å². The van der Waals surface area contributed by atoms with E-state index < -0.39 is 0 Å². The van der Waals surface area contributed by atoms with Crippen molar-refractivity contribution < 1.29 is 4.42 Å². The number of para-hydroxylation sites is 2. The molecule has 8 aromatic carbocycles. The summed E-state index contributed by atoms with van der Waals surface area (Å²) >= 11 is 3.61. The lowest BCUT2D eigenvalue weighted by Crippen LogP contribution is -2.01. The van der Waals surface area contributed by atoms with E-state index in [1.54, 1.807) is 11.3 Å². The van der Waals surface area contributed by atoms with Gasteiger partial charge in [-0.25, -0.2) is 15.0 Å². The van der Waals surface area contributed by atoms with Gasteiger partial charge in [0, 0.05) is 84.3 Å². The van der Waals surface area contributed by atoms with Crippen molar-refractivity contribution in [3.8, 4) is 39.9 Å². The Balaban J connectivity index is 1.18. The molecule has 270 valence electrons. The van der Waals surface area contributed by atoms with Crippen molar-refractivity contribution in [2.75, 3.05) is 0 Å². The number of thiophene rings is 2. The van der Waals surface area contributed by atoms with Crippen LogP contribution in [0.15, 0.2) is 174 Å². The lowest BCUT2D eigenvalue weighted by Gasteiger charge is -2.13. The predicted octanol–water partition coefficient (Wildman–Crippen LogP) is 14.6. The lowest BCUT2D eigenvalue weighted by molar-refractivity contribution is 0.673. The second-order valence-electron chi connectivity index (χ2n) is 14.7. The third-order valence-corrected chi connectivity index (χ3v) is 13.8. The quantitative estimate of drug-likeness (QED) is 0.179. The summed E-state index contributed by atoms with van der Waals surface area (Å²) in [5, 5.41) is 9.45. The van der Waals surface area contributed by atoms with Gasteiger partial charge in [0.2, 0.25) is 0 Å². The molecule has 0 aliphatic carbocycles. The maximum atomic E-state index is 6.74. The van der Waals surface area contributed by atoms with Crippen molar-refractivity contribution in [1.82, 2.24) is 19.5 Å². The van der Waals surface area contributed by atoms with Crippen LogP contribution in [-0.2, 0) is 0 Å². The molecule has 13 rings (SSSR count). The second-order valence-corrected chi connectivity index (χ2v) is 16.9. The van der Waals surface area contributed by atoms with Gasteiger partial charge in [0.25, 0.3) is 0 Å². The fourth-order valence-electron chi connectivity index (χ4n) is 8.82. The van der Waals surface area contributed by atoms with Gasteiger partial charge in [-0.3, -0.25) is 0 Å². The number of benzene rings is 8. The van der Waals surface area contributed by atoms with E-state index in [2.05, 4.69) is 132 Å². The summed E-state index contributed by atoms with van der Waals surface area (Å²) in [4.78, 5) is 15.6. The smallest absolute Gasteiger partial charge is 0.165 e. The minimum atomic E-state index is 0.625. The molecule has 0 bridgehead atoms. The summed E-state index contributed by atoms with van der Waals surface area (Å²) in [5.41, 5.74) is 7.93. The van der Waals surface area contributed by atoms with Crippen LogP contribution in [0.2, 0.25) is 0 Å². The minimum absolute atomic E-state index is 0.625. The molecule has 0 radical (unpaired) electrons. The van der Waals surface area contributed by atoms with E-state index in [1.165, 1.54) is 30.9 Å². The molecule has 0 saturated heterocycles. The third kappa shape index (κ3) is 4.66. The molecule has 0 saturated carbocycles. The highest BCUT2D eigenvalue weighted by molar-refractivity contribution is 7.26. The number of hydrogen-bond acceptors (Lipinski definition) is 6. The van der Waals surface area contributed by atoms with Crippen molar-refractivity contribution in [3.05, 3.63) is 170 Å². The Morgan fingerprint density at radius 1 is 0.414 bits per heavy atom. The Morgan fingerprint density at radius 3 is 1.88 bits per heavy atom. The first-order valence-corrected chi connectivity index (χ1v) is 20.9. The Labute approximate surface area is 338 Å². The summed E-state index contributed by atoms with van der Waals surface area (Å²) < 4.78 is 14.0. The maximum absolute atomic E-state index is 6.74. The van der Waals surface area contributed by atoms with Gasteiger partial charge in [0.1, 0.15) is 11.2 Å². The van der Waals surface area contributed by atoms with Gasteiger partial charge in [0.15, 0.2) is 17.5 Å². The second kappa shape index (κ2) is 12.2. The highest BCUT2D eigenvalue weighted by Gasteiger charge is 2.23. The summed E-state index contributed by atoms with van der Waals surface area (Å²) in [6, 6.07) is 60.0. The van der Waals surface area contributed by atoms with Crippen LogP contribution in [-0.4, -0.2) is 19.5 Å². The van der Waals surface area contributed by atoms with Gasteiger partial charge in [0.05, 0.1) is 11.0 Å². The van der Waals surface area contributed by atoms with Gasteiger partial charge in [-0.2, -0.15) is 0 Å². The molecule has 5 nitrogen and oxygen atoms in total. The Morgan fingerprint density at radius 2 is 1.09 bits per heavy atom. The lowest BCUT2D eigenvalue weighted by atomic mass is 10.0. The van der Waals surface area contributed by atoms with E-state index in [-0.39, 0.29) is 0 Å². The fourth-order valence-corrected chi connectivity index (χ4v) is 11.1. The standard InChI is InChI=1S/C51H28N4OS2/c1-3-13-29(14-4-1)49-52-50(30-15-5-2-6-16-30)54-51(53-49)39-26-31(25-38-46-44(58-48(38)39)24-23-35-33-18-8-11-21-42(33)56-47(35)46)55-40-20-10-7-17-32(40)36-27-37-34-19-9-12-22-43(34)57-45(37)28-41(36)55/h1-28H. The van der Waals surface area contributed by atoms with Gasteiger partial charge in [-0.1, -0.05) is 115 Å². The van der Waals surface area contributed by atoms with E-state index in [0.29, 0.717) is 17.5 Å². The Bertz CT molecular complexity index is 3740. The van der Waals surface area contributed by atoms with Crippen LogP contribution in [0.4, 0.5) is 0 Å². The SMILES string of the molecule is c1ccc(-c2nc(-c3ccccc3)nc(-c3cc(-n4c5ccccc5c5cc6c(cc54)sc4ccccc46)cc4c3sc3ccc5c6ccccc6oc5c34)n2)cc1. The minimum Gasteiger partial charge on any atom is -0.455 e. The van der Waals surface area contributed by atoms with Crippen LogP contribution in [0.25, 0.3) is 124 Å². The monoisotopic (exact) mass is 776 g/mol. The van der Waals surface area contributed by atoms with Crippen LogP contribution in [0.1, 0.15) is 0 Å². The van der Waals surface area contributed by atoms with Gasteiger partial charge < -0.3 is 8.98 Å². The molecule has 0 unspecified atom stereocenters. The Hall–Kier alpha value is -7.19. The van der Waals surface area contributed by atoms with E-state index in [4.69, 9.17) is 19.4 Å². The molecule has 0 spiro atoms. The molecule has 0 amide bonds. The predicted molar refractivity (Wildman–Crippen MR) is 244 cm³/mol. The van der Waals surface area contributed by atoms with Gasteiger partial charge in [-0.05, 0) is 54.6 Å². The third-order valence-electron chi connectivity index (χ3n) is 11.4. The maximum Gasteiger partial charge on any atom is 0.165 e. The largest absolute Gasteiger partial charge is 0.455 e. The van der Waals surface area contributed by atoms with Gasteiger partial charge in [-0.15, -0.1) is 22.7 Å². The topological polar surface area (TPSA) is 56.7 Å². The van der Waals surface area contributed by atoms with Crippen molar-refractivity contribution in [3.63, 3.8) is 0 Å². The van der Waals surface area contributed by atoms with Crippen molar-refractivity contribution >= 4 is 107 Å². The number of fused-ring (bicyclic) bond motifs is 13. The van der Waals surface area contributed by atoms with Crippen LogP contribution in [0.5, 0.6) is 0 Å². The normalized spacial score (nSPS) is 12.1. The number of nitrogens with zero attached hydrogens (tertiary/aromatic N) is 4. The molecule has 58 heavy (non-hydrogen) atoms. The molecular weight excluding hydrogens is 749 g/mol. The zero-order chi connectivity index (χ0) is 37.9. The average molecular weight is 777 g/mol. The summed E-state index contributed by atoms with van der Waals surface area (Å²) in [5.74, 6) is 1.89. The van der Waals surface area contributed by atoms with Crippen LogP contribution >= 0.6 is 22.7 Å². The fraction of sp³-hybridized carbons (Fsp3) is 0. The molecule has 13 aromatic rings. The molecule has 0 aliphatic heterocycles. The van der Waals surface area contributed by atoms with Crippen molar-refractivity contribution in [2.45, 2.75) is 0 Å². The van der Waals surface area contributed by atoms with Crippen molar-refractivity contribution in [1.29, 1.82) is 0 Å². The summed E-state index contributed by atoms with van der Waals surface area (Å²) in [6.07, 6.45) is 0. The average Bonchev–Trinajstić information content (AvgIpc) is 4.04. The van der Waals surface area contributed by atoms with E-state index >= 15 is 0 Å². The molecule has 5 heterocycles. The zero-order valence-electron chi connectivity index (χ0n) is 30.7. The summed E-state index contributed by atoms with van der Waals surface area (Å²) in [7, 11) is 0. The number of furan rings is 1. The summed E-state index contributed by atoms with van der Waals surface area (Å²) in [6.45, 7) is 0. The van der Waals surface area contributed by atoms with Crippen molar-refractivity contribution in [2.24, 2.45) is 0 Å². The van der Waals surface area contributed by atoms with Crippen LogP contribution < -0.4 is 0 Å². The molecule has 0 atom stereocenters. The molecule has 5 aromatic heterocycles. The molecule has 0 fully saturated rings. The molecular formula is C51H28N4OS2. The van der Waals surface area contributed by atoms with Gasteiger partial charge >= 0.3 is 0 Å². The number of hydrogen-bond donors (Lipinski definition) is 0. The molecule has 7 heteroatoms. The zero-order valence-corrected chi connectivity index (χ0v) is 32.3. The molecule has 0 N–H and O–H groups in total. The van der Waals surface area contributed by atoms with E-state index in [1.807, 2.05) is 53.8 Å². The van der Waals surface area contributed by atoms with Crippen LogP contribution in [0.3, 0.4) is 0 Å². The highest BCUT2D eigenvalue weighted by Crippen LogP contribution is 2.47. The van der Waals surface area contributed by atoms with E-state index in [9.17, 15) is 0 Å². The van der Waals surface area contributed by atoms with E-state index in [0.717, 1.165) is 75.5 Å². The first-order valence-electron chi connectivity index (χ1n) is 19.3. The molecule has 0 aliphatic rings. The first kappa shape index (κ1) is 32.0. The Kier molecular flexibility index (Phi) is 6.70. The first-order chi connectivity index (χ1) is 28.7. The highest BCUT2D eigenvalue weighted by atomic mass is 32.1. The number of aromatic nitrogens is 4. The number of rotatable bonds is 4.